The van der Waals surface area contributed by atoms with Crippen molar-refractivity contribution in [1.82, 2.24) is 9.97 Å². The standard InChI is InChI=1S/C12H16N2O2/c1-2-16-12(15)7-11-9-5-3-4-6-10(9)13-8-14-11/h8H,2-7H2,1H3. The van der Waals surface area contributed by atoms with Crippen molar-refractivity contribution in [3.05, 3.63) is 23.3 Å². The van der Waals surface area contributed by atoms with E-state index in [2.05, 4.69) is 9.97 Å². The zero-order valence-electron chi connectivity index (χ0n) is 9.53. The van der Waals surface area contributed by atoms with Gasteiger partial charge < -0.3 is 4.74 Å². The van der Waals surface area contributed by atoms with Gasteiger partial charge in [0.2, 0.25) is 0 Å². The van der Waals surface area contributed by atoms with E-state index in [0.29, 0.717) is 6.61 Å². The van der Waals surface area contributed by atoms with Gasteiger partial charge in [0.15, 0.2) is 0 Å². The molecule has 0 bridgehead atoms. The summed E-state index contributed by atoms with van der Waals surface area (Å²) in [7, 11) is 0. The molecule has 1 heterocycles. The lowest BCUT2D eigenvalue weighted by molar-refractivity contribution is -0.142. The molecule has 86 valence electrons. The van der Waals surface area contributed by atoms with Gasteiger partial charge in [-0.1, -0.05) is 0 Å². The Morgan fingerprint density at radius 3 is 3.00 bits per heavy atom. The highest BCUT2D eigenvalue weighted by Crippen LogP contribution is 2.21. The van der Waals surface area contributed by atoms with E-state index >= 15 is 0 Å². The first-order valence-corrected chi connectivity index (χ1v) is 5.78. The zero-order chi connectivity index (χ0) is 11.4. The van der Waals surface area contributed by atoms with Gasteiger partial charge in [-0.3, -0.25) is 4.79 Å². The van der Waals surface area contributed by atoms with Crippen LogP contribution in [0.25, 0.3) is 0 Å². The fraction of sp³-hybridized carbons (Fsp3) is 0.583. The minimum Gasteiger partial charge on any atom is -0.466 e. The van der Waals surface area contributed by atoms with Gasteiger partial charge in [0.25, 0.3) is 0 Å². The minimum atomic E-state index is -0.200. The van der Waals surface area contributed by atoms with Crippen molar-refractivity contribution in [3.8, 4) is 0 Å². The van der Waals surface area contributed by atoms with Gasteiger partial charge in [0.05, 0.1) is 18.7 Å². The molecule has 0 unspecified atom stereocenters. The number of hydrogen-bond acceptors (Lipinski definition) is 4. The molecule has 0 fully saturated rings. The lowest BCUT2D eigenvalue weighted by Gasteiger charge is -2.16. The Labute approximate surface area is 95.1 Å². The highest BCUT2D eigenvalue weighted by Gasteiger charge is 2.17. The monoisotopic (exact) mass is 220 g/mol. The van der Waals surface area contributed by atoms with E-state index in [1.54, 1.807) is 6.33 Å². The van der Waals surface area contributed by atoms with E-state index in [0.717, 1.165) is 30.7 Å². The summed E-state index contributed by atoms with van der Waals surface area (Å²) in [5.74, 6) is -0.200. The van der Waals surface area contributed by atoms with Crippen LogP contribution in [0.15, 0.2) is 6.33 Å². The van der Waals surface area contributed by atoms with Crippen LogP contribution >= 0.6 is 0 Å². The van der Waals surface area contributed by atoms with E-state index in [9.17, 15) is 4.79 Å². The SMILES string of the molecule is CCOC(=O)Cc1ncnc2c1CCCC2. The number of carbonyl (C=O) groups excluding carboxylic acids is 1. The molecule has 0 amide bonds. The Morgan fingerprint density at radius 1 is 1.38 bits per heavy atom. The van der Waals surface area contributed by atoms with Crippen molar-refractivity contribution in [3.63, 3.8) is 0 Å². The number of carbonyl (C=O) groups is 1. The Balaban J connectivity index is 2.17. The quantitative estimate of drug-likeness (QED) is 0.724. The summed E-state index contributed by atoms with van der Waals surface area (Å²) in [6, 6.07) is 0. The molecule has 4 heteroatoms. The molecule has 1 aromatic heterocycles. The normalized spacial score (nSPS) is 14.3. The van der Waals surface area contributed by atoms with E-state index < -0.39 is 0 Å². The number of ether oxygens (including phenoxy) is 1. The maximum Gasteiger partial charge on any atom is 0.311 e. The molecule has 0 saturated heterocycles. The molecule has 16 heavy (non-hydrogen) atoms. The highest BCUT2D eigenvalue weighted by atomic mass is 16.5. The molecular formula is C12H16N2O2. The van der Waals surface area contributed by atoms with E-state index in [-0.39, 0.29) is 12.4 Å². The summed E-state index contributed by atoms with van der Waals surface area (Å²) in [6.07, 6.45) is 6.18. The van der Waals surface area contributed by atoms with Gasteiger partial charge in [-0.25, -0.2) is 9.97 Å². The highest BCUT2D eigenvalue weighted by molar-refractivity contribution is 5.72. The molecule has 2 rings (SSSR count). The summed E-state index contributed by atoms with van der Waals surface area (Å²) >= 11 is 0. The van der Waals surface area contributed by atoms with Gasteiger partial charge in [-0.15, -0.1) is 0 Å². The average Bonchev–Trinajstić information content (AvgIpc) is 2.30. The Morgan fingerprint density at radius 2 is 2.19 bits per heavy atom. The van der Waals surface area contributed by atoms with Crippen molar-refractivity contribution in [1.29, 1.82) is 0 Å². The molecule has 1 aliphatic carbocycles. The maximum atomic E-state index is 11.4. The molecule has 1 aromatic rings. The Kier molecular flexibility index (Phi) is 3.49. The second kappa shape index (κ2) is 5.05. The van der Waals surface area contributed by atoms with Crippen LogP contribution in [-0.2, 0) is 28.8 Å². The van der Waals surface area contributed by atoms with Crippen LogP contribution in [-0.4, -0.2) is 22.5 Å². The van der Waals surface area contributed by atoms with E-state index in [1.807, 2.05) is 6.92 Å². The summed E-state index contributed by atoms with van der Waals surface area (Å²) in [5.41, 5.74) is 3.13. The summed E-state index contributed by atoms with van der Waals surface area (Å²) in [5, 5.41) is 0. The van der Waals surface area contributed by atoms with Crippen LogP contribution in [0, 0.1) is 0 Å². The first-order valence-electron chi connectivity index (χ1n) is 5.78. The largest absolute Gasteiger partial charge is 0.466 e. The number of rotatable bonds is 3. The van der Waals surface area contributed by atoms with Crippen LogP contribution in [0.5, 0.6) is 0 Å². The number of esters is 1. The number of hydrogen-bond donors (Lipinski definition) is 0. The predicted molar refractivity (Wildman–Crippen MR) is 59.0 cm³/mol. The Hall–Kier alpha value is -1.45. The van der Waals surface area contributed by atoms with Crippen molar-refractivity contribution in [2.24, 2.45) is 0 Å². The van der Waals surface area contributed by atoms with Crippen molar-refractivity contribution < 1.29 is 9.53 Å². The van der Waals surface area contributed by atoms with Crippen LogP contribution < -0.4 is 0 Å². The summed E-state index contributed by atoms with van der Waals surface area (Å²) in [4.78, 5) is 19.9. The first-order chi connectivity index (χ1) is 7.81. The molecule has 1 aliphatic rings. The van der Waals surface area contributed by atoms with Gasteiger partial charge in [0, 0.05) is 5.69 Å². The molecule has 0 spiro atoms. The lowest BCUT2D eigenvalue weighted by Crippen LogP contribution is -2.15. The molecule has 0 N–H and O–H groups in total. The second-order valence-corrected chi connectivity index (χ2v) is 3.93. The third kappa shape index (κ3) is 2.38. The molecule has 0 radical (unpaired) electrons. The van der Waals surface area contributed by atoms with E-state index in [1.165, 1.54) is 12.0 Å². The minimum absolute atomic E-state index is 0.200. The summed E-state index contributed by atoms with van der Waals surface area (Å²) in [6.45, 7) is 2.24. The van der Waals surface area contributed by atoms with Crippen molar-refractivity contribution in [2.75, 3.05) is 6.61 Å². The Bertz CT molecular complexity index is 391. The zero-order valence-corrected chi connectivity index (χ0v) is 9.53. The van der Waals surface area contributed by atoms with Gasteiger partial charge in [0.1, 0.15) is 6.33 Å². The second-order valence-electron chi connectivity index (χ2n) is 3.93. The third-order valence-corrected chi connectivity index (χ3v) is 2.83. The number of aryl methyl sites for hydroxylation is 1. The van der Waals surface area contributed by atoms with Gasteiger partial charge in [-0.2, -0.15) is 0 Å². The van der Waals surface area contributed by atoms with Crippen LogP contribution in [0.1, 0.15) is 36.7 Å². The van der Waals surface area contributed by atoms with Crippen LogP contribution in [0.4, 0.5) is 0 Å². The molecule has 0 aromatic carbocycles. The topological polar surface area (TPSA) is 52.1 Å². The average molecular weight is 220 g/mol. The smallest absolute Gasteiger partial charge is 0.311 e. The molecule has 0 aliphatic heterocycles. The molecular weight excluding hydrogens is 204 g/mol. The number of fused-ring (bicyclic) bond motifs is 1. The van der Waals surface area contributed by atoms with Crippen LogP contribution in [0.3, 0.4) is 0 Å². The first kappa shape index (κ1) is 11.0. The third-order valence-electron chi connectivity index (χ3n) is 2.83. The van der Waals surface area contributed by atoms with Crippen LogP contribution in [0.2, 0.25) is 0 Å². The number of nitrogens with zero attached hydrogens (tertiary/aromatic N) is 2. The van der Waals surface area contributed by atoms with Crippen molar-refractivity contribution in [2.45, 2.75) is 39.0 Å². The lowest BCUT2D eigenvalue weighted by atomic mass is 9.94. The van der Waals surface area contributed by atoms with Gasteiger partial charge in [-0.05, 0) is 38.2 Å². The summed E-state index contributed by atoms with van der Waals surface area (Å²) < 4.78 is 4.94. The molecule has 0 atom stereocenters. The predicted octanol–water partition coefficient (Wildman–Crippen LogP) is 1.46. The maximum absolute atomic E-state index is 11.4. The number of aromatic nitrogens is 2. The fourth-order valence-electron chi connectivity index (χ4n) is 2.09. The van der Waals surface area contributed by atoms with Crippen molar-refractivity contribution >= 4 is 5.97 Å². The van der Waals surface area contributed by atoms with Gasteiger partial charge >= 0.3 is 5.97 Å². The fourth-order valence-corrected chi connectivity index (χ4v) is 2.09. The van der Waals surface area contributed by atoms with E-state index in [4.69, 9.17) is 4.74 Å². The molecule has 0 saturated carbocycles. The molecule has 4 nitrogen and oxygen atoms in total.